The van der Waals surface area contributed by atoms with E-state index in [1.807, 2.05) is 12.5 Å². The van der Waals surface area contributed by atoms with Crippen molar-refractivity contribution in [1.29, 1.82) is 0 Å². The van der Waals surface area contributed by atoms with Crippen LogP contribution in [0.4, 0.5) is 0 Å². The molecule has 0 aliphatic carbocycles. The number of imidazole rings is 1. The molecule has 0 bridgehead atoms. The Balaban J connectivity index is 1.73. The van der Waals surface area contributed by atoms with E-state index in [0.717, 1.165) is 12.6 Å². The molecule has 0 spiro atoms. The summed E-state index contributed by atoms with van der Waals surface area (Å²) in [5, 5.41) is 3.57. The third-order valence-corrected chi connectivity index (χ3v) is 4.47. The Morgan fingerprint density at radius 3 is 2.89 bits per heavy atom. The zero-order valence-electron chi connectivity index (χ0n) is 12.4. The largest absolute Gasteiger partial charge is 0.329 e. The number of hydrogen-bond acceptors (Lipinski definition) is 3. The Morgan fingerprint density at radius 1 is 1.26 bits per heavy atom. The monoisotopic (exact) mass is 262 g/mol. The van der Waals surface area contributed by atoms with Crippen molar-refractivity contribution in [1.82, 2.24) is 19.8 Å². The molecule has 19 heavy (non-hydrogen) atoms. The van der Waals surface area contributed by atoms with Crippen LogP contribution in [-0.2, 0) is 6.54 Å². The summed E-state index contributed by atoms with van der Waals surface area (Å²) in [6, 6.07) is 1.39. The van der Waals surface area contributed by atoms with Crippen molar-refractivity contribution in [3.05, 3.63) is 18.2 Å². The van der Waals surface area contributed by atoms with Crippen molar-refractivity contribution in [2.45, 2.75) is 64.2 Å². The van der Waals surface area contributed by atoms with Gasteiger partial charge in [0.15, 0.2) is 0 Å². The fourth-order valence-corrected chi connectivity index (χ4v) is 3.50. The predicted octanol–water partition coefficient (Wildman–Crippen LogP) is 2.18. The van der Waals surface area contributed by atoms with Crippen molar-refractivity contribution >= 4 is 0 Å². The molecule has 106 valence electrons. The van der Waals surface area contributed by atoms with Crippen LogP contribution in [0.5, 0.6) is 0 Å². The standard InChI is InChI=1S/C15H26N4/c1-15(2,3)17-10-12-9-16-11-19(12)14-6-8-18-7-4-5-13(14)18/h9,11,13-14,17H,4-8,10H2,1-3H3. The first kappa shape index (κ1) is 13.1. The zero-order chi connectivity index (χ0) is 13.5. The summed E-state index contributed by atoms with van der Waals surface area (Å²) in [6.07, 6.45) is 8.06. The van der Waals surface area contributed by atoms with Gasteiger partial charge in [-0.25, -0.2) is 4.98 Å². The number of aromatic nitrogens is 2. The number of nitrogens with one attached hydrogen (secondary N) is 1. The summed E-state index contributed by atoms with van der Waals surface area (Å²) in [4.78, 5) is 7.04. The van der Waals surface area contributed by atoms with Crippen LogP contribution in [0.1, 0.15) is 51.8 Å². The van der Waals surface area contributed by atoms with Crippen molar-refractivity contribution in [2.75, 3.05) is 13.1 Å². The topological polar surface area (TPSA) is 33.1 Å². The second kappa shape index (κ2) is 4.91. The average molecular weight is 262 g/mol. The van der Waals surface area contributed by atoms with E-state index in [4.69, 9.17) is 0 Å². The molecule has 3 heterocycles. The van der Waals surface area contributed by atoms with E-state index >= 15 is 0 Å². The number of nitrogens with zero attached hydrogens (tertiary/aromatic N) is 3. The number of fused-ring (bicyclic) bond motifs is 1. The number of hydrogen-bond donors (Lipinski definition) is 1. The van der Waals surface area contributed by atoms with Gasteiger partial charge in [0, 0.05) is 30.9 Å². The van der Waals surface area contributed by atoms with Gasteiger partial charge >= 0.3 is 0 Å². The lowest BCUT2D eigenvalue weighted by molar-refractivity contribution is 0.286. The zero-order valence-corrected chi connectivity index (χ0v) is 12.4. The fraction of sp³-hybridized carbons (Fsp3) is 0.800. The van der Waals surface area contributed by atoms with Gasteiger partial charge in [-0.1, -0.05) is 0 Å². The normalized spacial score (nSPS) is 27.9. The van der Waals surface area contributed by atoms with Crippen molar-refractivity contribution in [3.63, 3.8) is 0 Å². The third-order valence-electron chi connectivity index (χ3n) is 4.47. The molecule has 4 heteroatoms. The van der Waals surface area contributed by atoms with Crippen LogP contribution in [0.15, 0.2) is 12.5 Å². The van der Waals surface area contributed by atoms with Crippen LogP contribution in [-0.4, -0.2) is 39.1 Å². The van der Waals surface area contributed by atoms with E-state index < -0.39 is 0 Å². The summed E-state index contributed by atoms with van der Waals surface area (Å²) in [7, 11) is 0. The van der Waals surface area contributed by atoms with Crippen molar-refractivity contribution in [2.24, 2.45) is 0 Å². The Bertz CT molecular complexity index is 432. The minimum absolute atomic E-state index is 0.157. The van der Waals surface area contributed by atoms with Gasteiger partial charge in [-0.05, 0) is 46.6 Å². The smallest absolute Gasteiger partial charge is 0.0951 e. The molecule has 1 N–H and O–H groups in total. The highest BCUT2D eigenvalue weighted by atomic mass is 15.3. The SMILES string of the molecule is CC(C)(C)NCc1cncn1C1CCN2CCCC12. The van der Waals surface area contributed by atoms with Crippen LogP contribution in [0, 0.1) is 0 Å². The highest BCUT2D eigenvalue weighted by Crippen LogP contribution is 2.36. The maximum Gasteiger partial charge on any atom is 0.0951 e. The molecule has 2 saturated heterocycles. The summed E-state index contributed by atoms with van der Waals surface area (Å²) < 4.78 is 2.43. The molecule has 1 aromatic rings. The minimum Gasteiger partial charge on any atom is -0.329 e. The first-order valence-corrected chi connectivity index (χ1v) is 7.54. The number of rotatable bonds is 3. The maximum absolute atomic E-state index is 4.39. The molecule has 2 aliphatic heterocycles. The second-order valence-electron chi connectivity index (χ2n) is 7.00. The molecule has 4 nitrogen and oxygen atoms in total. The Labute approximate surface area is 116 Å². The lowest BCUT2D eigenvalue weighted by Crippen LogP contribution is -2.36. The van der Waals surface area contributed by atoms with Gasteiger partial charge in [0.05, 0.1) is 18.1 Å². The van der Waals surface area contributed by atoms with E-state index in [1.54, 1.807) is 0 Å². The maximum atomic E-state index is 4.39. The summed E-state index contributed by atoms with van der Waals surface area (Å²) in [5.74, 6) is 0. The van der Waals surface area contributed by atoms with E-state index in [2.05, 4.69) is 40.5 Å². The van der Waals surface area contributed by atoms with Crippen LogP contribution in [0.25, 0.3) is 0 Å². The molecular weight excluding hydrogens is 236 g/mol. The molecule has 2 fully saturated rings. The third kappa shape index (κ3) is 2.70. The molecule has 0 aromatic carbocycles. The van der Waals surface area contributed by atoms with Gasteiger partial charge < -0.3 is 9.88 Å². The van der Waals surface area contributed by atoms with Gasteiger partial charge in [-0.2, -0.15) is 0 Å². The highest BCUT2D eigenvalue weighted by Gasteiger charge is 2.38. The molecule has 0 amide bonds. The lowest BCUT2D eigenvalue weighted by atomic mass is 10.1. The van der Waals surface area contributed by atoms with Gasteiger partial charge in [-0.3, -0.25) is 4.90 Å². The van der Waals surface area contributed by atoms with Crippen molar-refractivity contribution < 1.29 is 0 Å². The molecule has 1 aromatic heterocycles. The quantitative estimate of drug-likeness (QED) is 0.906. The molecule has 0 saturated carbocycles. The van der Waals surface area contributed by atoms with Gasteiger partial charge in [-0.15, -0.1) is 0 Å². The van der Waals surface area contributed by atoms with E-state index in [-0.39, 0.29) is 5.54 Å². The Hall–Kier alpha value is -0.870. The molecule has 3 rings (SSSR count). The fourth-order valence-electron chi connectivity index (χ4n) is 3.50. The lowest BCUT2D eigenvalue weighted by Gasteiger charge is -2.25. The van der Waals surface area contributed by atoms with E-state index in [1.165, 1.54) is 38.0 Å². The van der Waals surface area contributed by atoms with Gasteiger partial charge in [0.2, 0.25) is 0 Å². The van der Waals surface area contributed by atoms with Crippen LogP contribution in [0.3, 0.4) is 0 Å². The minimum atomic E-state index is 0.157. The van der Waals surface area contributed by atoms with E-state index in [9.17, 15) is 0 Å². The van der Waals surface area contributed by atoms with Crippen LogP contribution >= 0.6 is 0 Å². The van der Waals surface area contributed by atoms with Crippen molar-refractivity contribution in [3.8, 4) is 0 Å². The molecule has 2 aliphatic rings. The van der Waals surface area contributed by atoms with E-state index in [0.29, 0.717) is 6.04 Å². The van der Waals surface area contributed by atoms with Crippen LogP contribution < -0.4 is 5.32 Å². The molecule has 2 unspecified atom stereocenters. The molecule has 0 radical (unpaired) electrons. The summed E-state index contributed by atoms with van der Waals surface area (Å²) in [5.41, 5.74) is 1.48. The summed E-state index contributed by atoms with van der Waals surface area (Å²) >= 11 is 0. The molecule has 2 atom stereocenters. The summed E-state index contributed by atoms with van der Waals surface area (Å²) in [6.45, 7) is 10.1. The predicted molar refractivity (Wildman–Crippen MR) is 77.1 cm³/mol. The van der Waals surface area contributed by atoms with Gasteiger partial charge in [0.25, 0.3) is 0 Å². The Kier molecular flexibility index (Phi) is 3.39. The highest BCUT2D eigenvalue weighted by molar-refractivity contribution is 5.06. The van der Waals surface area contributed by atoms with Gasteiger partial charge in [0.1, 0.15) is 0 Å². The first-order chi connectivity index (χ1) is 9.04. The second-order valence-corrected chi connectivity index (χ2v) is 7.00. The Morgan fingerprint density at radius 2 is 2.11 bits per heavy atom. The van der Waals surface area contributed by atoms with Crippen LogP contribution in [0.2, 0.25) is 0 Å². The average Bonchev–Trinajstić information content (AvgIpc) is 3.00. The molecular formula is C15H26N4. The first-order valence-electron chi connectivity index (χ1n) is 7.54.